The van der Waals surface area contributed by atoms with E-state index in [1.54, 1.807) is 61.2 Å². The Morgan fingerprint density at radius 1 is 1.16 bits per heavy atom. The molecule has 3 aromatic rings. The summed E-state index contributed by atoms with van der Waals surface area (Å²) in [5.74, 6) is 0.503. The van der Waals surface area contributed by atoms with Gasteiger partial charge in [0.15, 0.2) is 0 Å². The maximum atomic E-state index is 12.3. The first-order valence-corrected chi connectivity index (χ1v) is 7.98. The lowest BCUT2D eigenvalue weighted by atomic mass is 10.2. The fourth-order valence-electron chi connectivity index (χ4n) is 2.25. The Hall–Kier alpha value is -2.99. The van der Waals surface area contributed by atoms with E-state index in [1.807, 2.05) is 11.9 Å². The number of benzene rings is 1. The van der Waals surface area contributed by atoms with E-state index in [4.69, 9.17) is 11.6 Å². The van der Waals surface area contributed by atoms with Crippen LogP contribution in [0.1, 0.15) is 16.1 Å². The van der Waals surface area contributed by atoms with Crippen LogP contribution in [-0.2, 0) is 6.54 Å². The Morgan fingerprint density at radius 3 is 2.72 bits per heavy atom. The van der Waals surface area contributed by atoms with Crippen molar-refractivity contribution < 1.29 is 4.79 Å². The fraction of sp³-hybridized carbons (Fsp3) is 0.111. The van der Waals surface area contributed by atoms with Crippen molar-refractivity contribution in [3.05, 3.63) is 77.5 Å². The van der Waals surface area contributed by atoms with Crippen molar-refractivity contribution in [2.45, 2.75) is 6.54 Å². The summed E-state index contributed by atoms with van der Waals surface area (Å²) >= 11 is 5.92. The van der Waals surface area contributed by atoms with Gasteiger partial charge in [0.25, 0.3) is 5.91 Å². The van der Waals surface area contributed by atoms with Crippen LogP contribution in [0.4, 0.5) is 11.5 Å². The van der Waals surface area contributed by atoms with Gasteiger partial charge < -0.3 is 10.2 Å². The third kappa shape index (κ3) is 4.51. The van der Waals surface area contributed by atoms with Crippen LogP contribution in [0.2, 0.25) is 5.02 Å². The summed E-state index contributed by atoms with van der Waals surface area (Å²) in [5.41, 5.74) is 1.95. The van der Waals surface area contributed by atoms with Crippen LogP contribution >= 0.6 is 11.6 Å². The van der Waals surface area contributed by atoms with Crippen LogP contribution in [0, 0.1) is 0 Å². The van der Waals surface area contributed by atoms with Crippen molar-refractivity contribution in [2.75, 3.05) is 17.3 Å². The third-order valence-corrected chi connectivity index (χ3v) is 3.73. The summed E-state index contributed by atoms with van der Waals surface area (Å²) in [5, 5.41) is 3.36. The number of carbonyl (C=O) groups is 1. The summed E-state index contributed by atoms with van der Waals surface area (Å²) in [6.07, 6.45) is 6.54. The minimum Gasteiger partial charge on any atom is -0.354 e. The van der Waals surface area contributed by atoms with E-state index in [1.165, 1.54) is 0 Å². The predicted molar refractivity (Wildman–Crippen MR) is 97.8 cm³/mol. The zero-order valence-electron chi connectivity index (χ0n) is 13.6. The van der Waals surface area contributed by atoms with Gasteiger partial charge in [-0.15, -0.1) is 0 Å². The Kier molecular flexibility index (Phi) is 5.20. The quantitative estimate of drug-likeness (QED) is 0.761. The standard InChI is InChI=1S/C18H16ClN5O/c1-24(12-16-11-20-7-8-21-16)17-6-5-13(10-22-17)18(25)23-15-4-2-3-14(19)9-15/h2-11H,12H2,1H3,(H,23,25). The number of rotatable bonds is 5. The van der Waals surface area contributed by atoms with Crippen molar-refractivity contribution in [3.63, 3.8) is 0 Å². The zero-order valence-corrected chi connectivity index (χ0v) is 14.3. The molecule has 1 amide bonds. The highest BCUT2D eigenvalue weighted by Crippen LogP contribution is 2.17. The number of pyridine rings is 1. The highest BCUT2D eigenvalue weighted by molar-refractivity contribution is 6.30. The van der Waals surface area contributed by atoms with Crippen LogP contribution in [-0.4, -0.2) is 27.9 Å². The molecule has 0 spiro atoms. The van der Waals surface area contributed by atoms with Gasteiger partial charge in [0.2, 0.25) is 0 Å². The van der Waals surface area contributed by atoms with E-state index in [9.17, 15) is 4.79 Å². The minimum absolute atomic E-state index is 0.238. The molecule has 0 aliphatic heterocycles. The number of amides is 1. The predicted octanol–water partition coefficient (Wildman–Crippen LogP) is 3.41. The largest absolute Gasteiger partial charge is 0.354 e. The number of aromatic nitrogens is 3. The molecule has 2 aromatic heterocycles. The molecule has 1 aromatic carbocycles. The van der Waals surface area contributed by atoms with Crippen LogP contribution in [0.25, 0.3) is 0 Å². The number of carbonyl (C=O) groups excluding carboxylic acids is 1. The molecule has 0 saturated heterocycles. The smallest absolute Gasteiger partial charge is 0.257 e. The van der Waals surface area contributed by atoms with Gasteiger partial charge in [-0.3, -0.25) is 14.8 Å². The van der Waals surface area contributed by atoms with E-state index in [2.05, 4.69) is 20.3 Å². The Bertz CT molecular complexity index is 855. The van der Waals surface area contributed by atoms with Crippen molar-refractivity contribution in [1.82, 2.24) is 15.0 Å². The van der Waals surface area contributed by atoms with Gasteiger partial charge in [-0.2, -0.15) is 0 Å². The summed E-state index contributed by atoms with van der Waals surface area (Å²) in [6.45, 7) is 0.578. The molecule has 0 fully saturated rings. The van der Waals surface area contributed by atoms with E-state index in [0.29, 0.717) is 22.8 Å². The van der Waals surface area contributed by atoms with Crippen molar-refractivity contribution in [1.29, 1.82) is 0 Å². The average Bonchev–Trinajstić information content (AvgIpc) is 2.62. The molecule has 2 heterocycles. The lowest BCUT2D eigenvalue weighted by molar-refractivity contribution is 0.102. The highest BCUT2D eigenvalue weighted by Gasteiger charge is 2.09. The highest BCUT2D eigenvalue weighted by atomic mass is 35.5. The monoisotopic (exact) mass is 353 g/mol. The molecule has 0 unspecified atom stereocenters. The first-order valence-electron chi connectivity index (χ1n) is 7.61. The number of anilines is 2. The topological polar surface area (TPSA) is 71.0 Å². The molecule has 25 heavy (non-hydrogen) atoms. The molecule has 0 saturated carbocycles. The molecule has 126 valence electrons. The van der Waals surface area contributed by atoms with Crippen LogP contribution in [0.5, 0.6) is 0 Å². The number of hydrogen-bond donors (Lipinski definition) is 1. The lowest BCUT2D eigenvalue weighted by Gasteiger charge is -2.17. The van der Waals surface area contributed by atoms with Crippen LogP contribution in [0.15, 0.2) is 61.2 Å². The summed E-state index contributed by atoms with van der Waals surface area (Å²) in [7, 11) is 1.91. The summed E-state index contributed by atoms with van der Waals surface area (Å²) < 4.78 is 0. The van der Waals surface area contributed by atoms with Gasteiger partial charge in [0.05, 0.1) is 24.0 Å². The molecule has 0 aliphatic carbocycles. The number of nitrogens with one attached hydrogen (secondary N) is 1. The van der Waals surface area contributed by atoms with Crippen LogP contribution in [0.3, 0.4) is 0 Å². The van der Waals surface area contributed by atoms with Gasteiger partial charge in [-0.1, -0.05) is 17.7 Å². The van der Waals surface area contributed by atoms with Gasteiger partial charge >= 0.3 is 0 Å². The van der Waals surface area contributed by atoms with Gasteiger partial charge in [-0.25, -0.2) is 4.98 Å². The van der Waals surface area contributed by atoms with E-state index in [0.717, 1.165) is 11.5 Å². The second-order valence-electron chi connectivity index (χ2n) is 5.42. The van der Waals surface area contributed by atoms with Gasteiger partial charge in [-0.05, 0) is 30.3 Å². The molecule has 0 bridgehead atoms. The van der Waals surface area contributed by atoms with Gasteiger partial charge in [0.1, 0.15) is 5.82 Å². The zero-order chi connectivity index (χ0) is 17.6. The van der Waals surface area contributed by atoms with Crippen LogP contribution < -0.4 is 10.2 Å². The Labute approximate surface area is 150 Å². The van der Waals surface area contributed by atoms with Crippen molar-refractivity contribution in [2.24, 2.45) is 0 Å². The maximum Gasteiger partial charge on any atom is 0.257 e. The molecular formula is C18H16ClN5O. The molecule has 0 aliphatic rings. The second kappa shape index (κ2) is 7.72. The van der Waals surface area contributed by atoms with Crippen molar-refractivity contribution >= 4 is 29.0 Å². The van der Waals surface area contributed by atoms with Crippen molar-refractivity contribution in [3.8, 4) is 0 Å². The Balaban J connectivity index is 1.66. The second-order valence-corrected chi connectivity index (χ2v) is 5.86. The molecule has 6 nitrogen and oxygen atoms in total. The summed E-state index contributed by atoms with van der Waals surface area (Å²) in [6, 6.07) is 10.5. The van der Waals surface area contributed by atoms with Gasteiger partial charge in [0, 0.05) is 36.3 Å². The minimum atomic E-state index is -0.238. The lowest BCUT2D eigenvalue weighted by Crippen LogP contribution is -2.19. The fourth-order valence-corrected chi connectivity index (χ4v) is 2.44. The normalized spacial score (nSPS) is 10.3. The third-order valence-electron chi connectivity index (χ3n) is 3.50. The van der Waals surface area contributed by atoms with E-state index >= 15 is 0 Å². The number of nitrogens with zero attached hydrogens (tertiary/aromatic N) is 4. The molecule has 3 rings (SSSR count). The average molecular weight is 354 g/mol. The molecule has 0 atom stereocenters. The Morgan fingerprint density at radius 2 is 2.04 bits per heavy atom. The molecular weight excluding hydrogens is 338 g/mol. The summed E-state index contributed by atoms with van der Waals surface area (Å²) in [4.78, 5) is 26.8. The molecule has 7 heteroatoms. The SMILES string of the molecule is CN(Cc1cnccn1)c1ccc(C(=O)Nc2cccc(Cl)c2)cn1. The number of halogens is 1. The first kappa shape index (κ1) is 16.9. The maximum absolute atomic E-state index is 12.3. The first-order chi connectivity index (χ1) is 12.1. The molecule has 1 N–H and O–H groups in total. The van der Waals surface area contributed by atoms with E-state index in [-0.39, 0.29) is 5.91 Å². The molecule has 0 radical (unpaired) electrons. The number of hydrogen-bond acceptors (Lipinski definition) is 5. The van der Waals surface area contributed by atoms with E-state index < -0.39 is 0 Å².